The predicted molar refractivity (Wildman–Crippen MR) is 312 cm³/mol. The first-order valence-electron chi connectivity index (χ1n) is 32.0. The monoisotopic (exact) mass is 1010 g/mol. The zero-order valence-electron chi connectivity index (χ0n) is 48.5. The zero-order valence-corrected chi connectivity index (χ0v) is 48.5. The second-order valence-corrected chi connectivity index (χ2v) is 21.7. The van der Waals surface area contributed by atoms with Crippen molar-refractivity contribution >= 4 is 17.9 Å². The smallest absolute Gasteiger partial charge is 0.306 e. The standard InChI is InChI=1S/C66H122O6/c1-4-7-10-13-16-19-22-25-27-29-30-31-32-33-34-35-36-37-39-41-44-47-50-53-56-59-65(68)71-62-63(61-70-64(67)58-55-52-49-46-43-40-24-21-18-15-12-9-6-3)72-66(69)60-57-54-51-48-45-42-38-28-26-23-20-17-14-11-8-5-2/h22,25,28-30,38,63H,4-21,23-24,26-27,31-37,39-62H2,1-3H3/b25-22-,30-29-,38-28-. The summed E-state index contributed by atoms with van der Waals surface area (Å²) in [6.45, 7) is 6.67. The Balaban J connectivity index is 4.25. The van der Waals surface area contributed by atoms with E-state index in [1.807, 2.05) is 0 Å². The minimum Gasteiger partial charge on any atom is -0.462 e. The fourth-order valence-electron chi connectivity index (χ4n) is 9.53. The lowest BCUT2D eigenvalue weighted by molar-refractivity contribution is -0.167. The van der Waals surface area contributed by atoms with Gasteiger partial charge in [-0.15, -0.1) is 0 Å². The number of allylic oxidation sites excluding steroid dienone is 6. The van der Waals surface area contributed by atoms with Crippen LogP contribution in [-0.4, -0.2) is 37.2 Å². The van der Waals surface area contributed by atoms with Gasteiger partial charge in [0.1, 0.15) is 13.2 Å². The van der Waals surface area contributed by atoms with Gasteiger partial charge in [0.15, 0.2) is 6.10 Å². The molecule has 0 aliphatic rings. The number of hydrogen-bond donors (Lipinski definition) is 0. The number of ether oxygens (including phenoxy) is 3. The lowest BCUT2D eigenvalue weighted by Gasteiger charge is -2.18. The SMILES string of the molecule is CCCCCCC/C=C\C/C=C\CCCCCCCCCCCCCCCC(=O)OCC(COC(=O)CCCCCCCCCCCCCCC)OC(=O)CCCCCCC/C=C\CCCCCCCCC. The van der Waals surface area contributed by atoms with Crippen molar-refractivity contribution in [3.8, 4) is 0 Å². The first-order valence-corrected chi connectivity index (χ1v) is 32.0. The van der Waals surface area contributed by atoms with E-state index in [-0.39, 0.29) is 31.1 Å². The van der Waals surface area contributed by atoms with Crippen LogP contribution in [0.4, 0.5) is 0 Å². The van der Waals surface area contributed by atoms with Gasteiger partial charge in [-0.05, 0) is 77.0 Å². The molecule has 72 heavy (non-hydrogen) atoms. The normalized spacial score (nSPS) is 12.2. The molecule has 0 amide bonds. The molecule has 0 saturated carbocycles. The number of esters is 3. The molecule has 0 fully saturated rings. The second kappa shape index (κ2) is 61.2. The van der Waals surface area contributed by atoms with Crippen LogP contribution in [0.5, 0.6) is 0 Å². The highest BCUT2D eigenvalue weighted by Crippen LogP contribution is 2.17. The molecule has 0 aromatic carbocycles. The van der Waals surface area contributed by atoms with Gasteiger partial charge in [0, 0.05) is 19.3 Å². The molecule has 6 heteroatoms. The minimum atomic E-state index is -0.774. The maximum Gasteiger partial charge on any atom is 0.306 e. The highest BCUT2D eigenvalue weighted by Gasteiger charge is 2.19. The largest absolute Gasteiger partial charge is 0.462 e. The predicted octanol–water partition coefficient (Wildman–Crippen LogP) is 21.6. The fourth-order valence-corrected chi connectivity index (χ4v) is 9.53. The van der Waals surface area contributed by atoms with E-state index in [0.717, 1.165) is 70.6 Å². The maximum atomic E-state index is 12.9. The van der Waals surface area contributed by atoms with Gasteiger partial charge in [-0.2, -0.15) is 0 Å². The average Bonchev–Trinajstić information content (AvgIpc) is 3.38. The van der Waals surface area contributed by atoms with Gasteiger partial charge in [-0.25, -0.2) is 0 Å². The Labute approximate surface area is 448 Å². The van der Waals surface area contributed by atoms with E-state index in [0.29, 0.717) is 19.3 Å². The molecule has 0 radical (unpaired) electrons. The van der Waals surface area contributed by atoms with E-state index < -0.39 is 6.10 Å². The summed E-state index contributed by atoms with van der Waals surface area (Å²) in [5.74, 6) is -0.858. The minimum absolute atomic E-state index is 0.0710. The third-order valence-corrected chi connectivity index (χ3v) is 14.4. The van der Waals surface area contributed by atoms with Gasteiger partial charge < -0.3 is 14.2 Å². The van der Waals surface area contributed by atoms with E-state index in [2.05, 4.69) is 57.2 Å². The van der Waals surface area contributed by atoms with E-state index in [1.54, 1.807) is 0 Å². The van der Waals surface area contributed by atoms with Crippen molar-refractivity contribution in [2.24, 2.45) is 0 Å². The topological polar surface area (TPSA) is 78.9 Å². The van der Waals surface area contributed by atoms with Crippen LogP contribution >= 0.6 is 0 Å². The van der Waals surface area contributed by atoms with Gasteiger partial charge in [0.05, 0.1) is 0 Å². The molecule has 0 N–H and O–H groups in total. The first-order chi connectivity index (χ1) is 35.5. The summed E-state index contributed by atoms with van der Waals surface area (Å²) in [7, 11) is 0. The van der Waals surface area contributed by atoms with Crippen molar-refractivity contribution in [2.75, 3.05) is 13.2 Å². The summed E-state index contributed by atoms with van der Waals surface area (Å²) < 4.78 is 16.9. The van der Waals surface area contributed by atoms with Gasteiger partial charge in [0.2, 0.25) is 0 Å². The molecule has 0 aliphatic heterocycles. The van der Waals surface area contributed by atoms with Crippen molar-refractivity contribution in [2.45, 2.75) is 354 Å². The Morgan fingerprint density at radius 2 is 0.500 bits per heavy atom. The fraction of sp³-hybridized carbons (Fsp3) is 0.864. The number of rotatable bonds is 59. The van der Waals surface area contributed by atoms with Crippen LogP contribution in [0.1, 0.15) is 348 Å². The highest BCUT2D eigenvalue weighted by molar-refractivity contribution is 5.71. The third kappa shape index (κ3) is 58.5. The quantitative estimate of drug-likeness (QED) is 0.0261. The van der Waals surface area contributed by atoms with Crippen LogP contribution < -0.4 is 0 Å². The van der Waals surface area contributed by atoms with E-state index >= 15 is 0 Å². The average molecular weight is 1010 g/mol. The summed E-state index contributed by atoms with van der Waals surface area (Å²) in [4.78, 5) is 38.2. The van der Waals surface area contributed by atoms with Crippen LogP contribution in [0.2, 0.25) is 0 Å². The molecule has 1 unspecified atom stereocenters. The van der Waals surface area contributed by atoms with E-state index in [9.17, 15) is 14.4 Å². The number of carbonyl (C=O) groups excluding carboxylic acids is 3. The number of unbranched alkanes of at least 4 members (excludes halogenated alkanes) is 42. The molecule has 422 valence electrons. The molecule has 0 saturated heterocycles. The maximum absolute atomic E-state index is 12.9. The molecule has 1 atom stereocenters. The summed E-state index contributed by atoms with van der Waals surface area (Å²) in [5.41, 5.74) is 0. The summed E-state index contributed by atoms with van der Waals surface area (Å²) in [5, 5.41) is 0. The molecule has 0 bridgehead atoms. The summed E-state index contributed by atoms with van der Waals surface area (Å²) in [6.07, 6.45) is 74.3. The van der Waals surface area contributed by atoms with Gasteiger partial charge >= 0.3 is 17.9 Å². The molecule has 0 aromatic heterocycles. The third-order valence-electron chi connectivity index (χ3n) is 14.4. The van der Waals surface area contributed by atoms with Crippen LogP contribution in [0.3, 0.4) is 0 Å². The molecule has 0 aliphatic carbocycles. The van der Waals surface area contributed by atoms with E-state index in [4.69, 9.17) is 14.2 Å². The molecular formula is C66H122O6. The lowest BCUT2D eigenvalue weighted by Crippen LogP contribution is -2.30. The Morgan fingerprint density at radius 3 is 0.778 bits per heavy atom. The Morgan fingerprint density at radius 1 is 0.278 bits per heavy atom. The van der Waals surface area contributed by atoms with Crippen molar-refractivity contribution < 1.29 is 28.6 Å². The molecular weight excluding hydrogens is 889 g/mol. The molecule has 0 spiro atoms. The molecule has 0 heterocycles. The highest BCUT2D eigenvalue weighted by atomic mass is 16.6. The Kier molecular flexibility index (Phi) is 59.2. The number of hydrogen-bond acceptors (Lipinski definition) is 6. The molecule has 6 nitrogen and oxygen atoms in total. The summed E-state index contributed by atoms with van der Waals surface area (Å²) in [6, 6.07) is 0. The number of carbonyl (C=O) groups is 3. The molecule has 0 rings (SSSR count). The lowest BCUT2D eigenvalue weighted by atomic mass is 10.0. The van der Waals surface area contributed by atoms with E-state index in [1.165, 1.54) is 238 Å². The van der Waals surface area contributed by atoms with Crippen LogP contribution in [-0.2, 0) is 28.6 Å². The van der Waals surface area contributed by atoms with Crippen molar-refractivity contribution in [1.82, 2.24) is 0 Å². The van der Waals surface area contributed by atoms with Gasteiger partial charge in [0.25, 0.3) is 0 Å². The van der Waals surface area contributed by atoms with Crippen LogP contribution in [0.25, 0.3) is 0 Å². The Hall–Kier alpha value is -2.37. The zero-order chi connectivity index (χ0) is 52.2. The molecule has 0 aromatic rings. The van der Waals surface area contributed by atoms with Gasteiger partial charge in [-0.1, -0.05) is 288 Å². The Bertz CT molecular complexity index is 1210. The van der Waals surface area contributed by atoms with Crippen molar-refractivity contribution in [3.63, 3.8) is 0 Å². The van der Waals surface area contributed by atoms with Crippen LogP contribution in [0.15, 0.2) is 36.5 Å². The van der Waals surface area contributed by atoms with Gasteiger partial charge in [-0.3, -0.25) is 14.4 Å². The van der Waals surface area contributed by atoms with Crippen molar-refractivity contribution in [1.29, 1.82) is 0 Å². The van der Waals surface area contributed by atoms with Crippen molar-refractivity contribution in [3.05, 3.63) is 36.5 Å². The first kappa shape index (κ1) is 69.6. The second-order valence-electron chi connectivity index (χ2n) is 21.7. The van der Waals surface area contributed by atoms with Crippen LogP contribution in [0, 0.1) is 0 Å². The summed E-state index contributed by atoms with van der Waals surface area (Å²) >= 11 is 0.